The van der Waals surface area contributed by atoms with Crippen LogP contribution in [0, 0.1) is 0 Å². The van der Waals surface area contributed by atoms with Gasteiger partial charge < -0.3 is 43.8 Å². The van der Waals surface area contributed by atoms with Gasteiger partial charge >= 0.3 is 0 Å². The summed E-state index contributed by atoms with van der Waals surface area (Å²) in [7, 11) is 16.7. The minimum Gasteiger partial charge on any atom is -1.00 e. The van der Waals surface area contributed by atoms with E-state index in [1.165, 1.54) is 22.1 Å². The molecular formula is C12H24Br2N4. The van der Waals surface area contributed by atoms with Crippen LogP contribution in [0.15, 0.2) is 0 Å². The molecule has 6 heteroatoms. The zero-order valence-corrected chi connectivity index (χ0v) is 15.7. The van der Waals surface area contributed by atoms with Crippen LogP contribution < -0.4 is 63.6 Å². The number of anilines is 2. The summed E-state index contributed by atoms with van der Waals surface area (Å²) in [5.74, 6) is 0. The highest BCUT2D eigenvalue weighted by molar-refractivity contribution is 5.74. The summed E-state index contributed by atoms with van der Waals surface area (Å²) in [6.07, 6.45) is 0. The van der Waals surface area contributed by atoms with Gasteiger partial charge in [-0.1, -0.05) is 0 Å². The van der Waals surface area contributed by atoms with Gasteiger partial charge in [0.15, 0.2) is 0 Å². The molecular weight excluding hydrogens is 360 g/mol. The summed E-state index contributed by atoms with van der Waals surface area (Å²) in [5, 5.41) is 2.61. The maximum absolute atomic E-state index is 2.18. The lowest BCUT2D eigenvalue weighted by atomic mass is 10.1. The van der Waals surface area contributed by atoms with Gasteiger partial charge in [-0.2, -0.15) is 0 Å². The normalized spacial score (nSPS) is 9.33. The van der Waals surface area contributed by atoms with Crippen molar-refractivity contribution in [1.29, 1.82) is 0 Å². The first-order valence-electron chi connectivity index (χ1n) is 5.47. The second-order valence-corrected chi connectivity index (χ2v) is 4.97. The maximum atomic E-state index is 2.18. The van der Waals surface area contributed by atoms with E-state index in [-0.39, 0.29) is 34.0 Å². The number of halogens is 2. The van der Waals surface area contributed by atoms with Gasteiger partial charge in [-0.15, -0.1) is 0 Å². The van der Waals surface area contributed by atoms with Crippen LogP contribution in [0.3, 0.4) is 0 Å². The Morgan fingerprint density at radius 1 is 0.611 bits per heavy atom. The molecule has 0 saturated carbocycles. The molecule has 0 unspecified atom stereocenters. The molecule has 0 saturated heterocycles. The second kappa shape index (κ2) is 7.28. The van der Waals surface area contributed by atoms with E-state index in [1.54, 1.807) is 0 Å². The zero-order valence-electron chi connectivity index (χ0n) is 12.5. The summed E-state index contributed by atoms with van der Waals surface area (Å²) >= 11 is 0. The van der Waals surface area contributed by atoms with Gasteiger partial charge in [0.2, 0.25) is 0 Å². The lowest BCUT2D eigenvalue weighted by Crippen LogP contribution is -3.00. The van der Waals surface area contributed by atoms with Gasteiger partial charge in [0.1, 0.15) is 39.6 Å². The SMILES string of the molecule is CN(C)c1c(N(C)C)c(=[N+](C)C)c1=[N+](C)C.[Br-].[Br-]. The molecule has 4 nitrogen and oxygen atoms in total. The zero-order chi connectivity index (χ0) is 12.6. The van der Waals surface area contributed by atoms with Gasteiger partial charge in [0, 0.05) is 28.2 Å². The van der Waals surface area contributed by atoms with Crippen LogP contribution in [-0.2, 0) is 0 Å². The number of hydrogen-bond acceptors (Lipinski definition) is 2. The topological polar surface area (TPSA) is 12.5 Å². The lowest BCUT2D eigenvalue weighted by molar-refractivity contribution is -0.00100. The van der Waals surface area contributed by atoms with E-state index in [2.05, 4.69) is 75.3 Å². The van der Waals surface area contributed by atoms with Crippen LogP contribution >= 0.6 is 0 Å². The summed E-state index contributed by atoms with van der Waals surface area (Å²) < 4.78 is 4.36. The van der Waals surface area contributed by atoms with Crippen molar-refractivity contribution in [2.45, 2.75) is 0 Å². The molecule has 0 radical (unpaired) electrons. The van der Waals surface area contributed by atoms with Crippen LogP contribution in [0.25, 0.3) is 0 Å². The third-order valence-electron chi connectivity index (χ3n) is 2.69. The first-order chi connectivity index (χ1) is 7.29. The average molecular weight is 384 g/mol. The monoisotopic (exact) mass is 382 g/mol. The molecule has 0 aliphatic heterocycles. The smallest absolute Gasteiger partial charge is 0.299 e. The third kappa shape index (κ3) is 3.35. The van der Waals surface area contributed by atoms with Crippen molar-refractivity contribution in [3.05, 3.63) is 10.7 Å². The van der Waals surface area contributed by atoms with Crippen LogP contribution in [0.1, 0.15) is 0 Å². The van der Waals surface area contributed by atoms with Crippen LogP contribution in [0.5, 0.6) is 0 Å². The highest BCUT2D eigenvalue weighted by atomic mass is 79.9. The molecule has 1 aromatic carbocycles. The van der Waals surface area contributed by atoms with Crippen molar-refractivity contribution in [1.82, 2.24) is 9.15 Å². The van der Waals surface area contributed by atoms with E-state index in [9.17, 15) is 0 Å². The molecule has 0 spiro atoms. The fourth-order valence-corrected chi connectivity index (χ4v) is 2.08. The molecule has 0 fully saturated rings. The van der Waals surface area contributed by atoms with Crippen LogP contribution in [0.2, 0.25) is 0 Å². The quantitative estimate of drug-likeness (QED) is 0.470. The van der Waals surface area contributed by atoms with E-state index < -0.39 is 0 Å². The fraction of sp³-hybridized carbons (Fsp3) is 0.667. The van der Waals surface area contributed by atoms with E-state index >= 15 is 0 Å². The second-order valence-electron chi connectivity index (χ2n) is 4.97. The van der Waals surface area contributed by atoms with E-state index in [0.29, 0.717) is 0 Å². The van der Waals surface area contributed by atoms with Crippen molar-refractivity contribution >= 4 is 11.4 Å². The van der Waals surface area contributed by atoms with E-state index in [1.807, 2.05) is 0 Å². The first-order valence-corrected chi connectivity index (χ1v) is 5.47. The Balaban J connectivity index is 0. The van der Waals surface area contributed by atoms with Crippen molar-refractivity contribution < 1.29 is 34.0 Å². The summed E-state index contributed by atoms with van der Waals surface area (Å²) in [4.78, 5) is 4.36. The van der Waals surface area contributed by atoms with Crippen LogP contribution in [-0.4, -0.2) is 56.4 Å². The molecule has 0 atom stereocenters. The lowest BCUT2D eigenvalue weighted by Gasteiger charge is -2.23. The molecule has 0 bridgehead atoms. The van der Waals surface area contributed by atoms with E-state index in [0.717, 1.165) is 0 Å². The molecule has 1 rings (SSSR count). The Morgan fingerprint density at radius 3 is 0.944 bits per heavy atom. The van der Waals surface area contributed by atoms with Crippen LogP contribution in [0.4, 0.5) is 11.4 Å². The van der Waals surface area contributed by atoms with Crippen molar-refractivity contribution in [2.75, 3.05) is 66.2 Å². The first kappa shape index (κ1) is 20.0. The molecule has 0 amide bonds. The maximum Gasteiger partial charge on any atom is 0.299 e. The average Bonchev–Trinajstić information content (AvgIpc) is 1.97. The predicted octanol–water partition coefficient (Wildman–Crippen LogP) is -7.23. The standard InChI is InChI=1S/C12H24N4.2BrH/c1-13(2)9-10(14(3)4)12(16(7)8)11(9)15(5)6;;/h1-8H3;2*1H/q+2;;/p-2. The van der Waals surface area contributed by atoms with Crippen molar-refractivity contribution in [3.8, 4) is 0 Å². The van der Waals surface area contributed by atoms with Crippen molar-refractivity contribution in [3.63, 3.8) is 0 Å². The summed E-state index contributed by atoms with van der Waals surface area (Å²) in [6.45, 7) is 0. The molecule has 0 aliphatic carbocycles. The van der Waals surface area contributed by atoms with Crippen molar-refractivity contribution in [2.24, 2.45) is 0 Å². The van der Waals surface area contributed by atoms with Gasteiger partial charge in [-0.3, -0.25) is 0 Å². The molecule has 0 heterocycles. The third-order valence-corrected chi connectivity index (χ3v) is 2.69. The van der Waals surface area contributed by atoms with Gasteiger partial charge in [0.05, 0.1) is 0 Å². The number of hydrogen-bond donors (Lipinski definition) is 0. The molecule has 0 aromatic heterocycles. The van der Waals surface area contributed by atoms with Gasteiger partial charge in [0.25, 0.3) is 10.7 Å². The molecule has 1 aromatic rings. The van der Waals surface area contributed by atoms with Gasteiger partial charge in [-0.25, -0.2) is 9.15 Å². The Labute approximate surface area is 131 Å². The summed E-state index contributed by atoms with van der Waals surface area (Å²) in [5.41, 5.74) is 2.61. The minimum absolute atomic E-state index is 0. The largest absolute Gasteiger partial charge is 1.00 e. The number of nitrogens with zero attached hydrogens (tertiary/aromatic N) is 4. The Kier molecular flexibility index (Phi) is 8.08. The fourth-order valence-electron chi connectivity index (χ4n) is 2.08. The molecule has 0 N–H and O–H groups in total. The molecule has 106 valence electrons. The molecule has 0 aliphatic rings. The Hall–Kier alpha value is -0.360. The number of rotatable bonds is 2. The Morgan fingerprint density at radius 2 is 0.833 bits per heavy atom. The summed E-state index contributed by atoms with van der Waals surface area (Å²) in [6, 6.07) is 0. The van der Waals surface area contributed by atoms with E-state index in [4.69, 9.17) is 0 Å². The van der Waals surface area contributed by atoms with Gasteiger partial charge in [-0.05, 0) is 0 Å². The molecule has 18 heavy (non-hydrogen) atoms. The predicted molar refractivity (Wildman–Crippen MR) is 71.7 cm³/mol. The minimum atomic E-state index is 0. The highest BCUT2D eigenvalue weighted by Crippen LogP contribution is 2.19. The Bertz CT molecular complexity index is 440. The highest BCUT2D eigenvalue weighted by Gasteiger charge is 2.30.